The number of aryl methyl sites for hydroxylation is 1. The standard InChI is InChI=1S/C15H13F3N2O2/c1-11-4-2-3-9-20(11)10-14(21)19-12-5-7-13(8-6-12)22-15(16,17)18/h2-9H,10H2,1H3/p+1. The molecule has 4 nitrogen and oxygen atoms in total. The zero-order valence-electron chi connectivity index (χ0n) is 11.7. The lowest BCUT2D eigenvalue weighted by atomic mass is 10.3. The summed E-state index contributed by atoms with van der Waals surface area (Å²) in [6.07, 6.45) is -2.96. The van der Waals surface area contributed by atoms with Crippen LogP contribution in [-0.2, 0) is 11.3 Å². The average Bonchev–Trinajstić information content (AvgIpc) is 2.42. The second kappa shape index (κ2) is 6.46. The Kier molecular flexibility index (Phi) is 4.65. The number of hydrogen-bond acceptors (Lipinski definition) is 2. The molecule has 2 aromatic rings. The summed E-state index contributed by atoms with van der Waals surface area (Å²) in [5.74, 6) is -0.609. The largest absolute Gasteiger partial charge is 0.573 e. The molecule has 0 aliphatic heterocycles. The topological polar surface area (TPSA) is 42.2 Å². The van der Waals surface area contributed by atoms with E-state index in [0.717, 1.165) is 17.8 Å². The average molecular weight is 311 g/mol. The Bertz CT molecular complexity index is 655. The highest BCUT2D eigenvalue weighted by Crippen LogP contribution is 2.23. The SMILES string of the molecule is Cc1cccc[n+]1CC(=O)Nc1ccc(OC(F)(F)F)cc1. The van der Waals surface area contributed by atoms with Crippen molar-refractivity contribution < 1.29 is 27.3 Å². The Morgan fingerprint density at radius 1 is 1.18 bits per heavy atom. The molecule has 1 N–H and O–H groups in total. The van der Waals surface area contributed by atoms with E-state index in [-0.39, 0.29) is 18.2 Å². The van der Waals surface area contributed by atoms with Crippen molar-refractivity contribution in [2.24, 2.45) is 0 Å². The number of anilines is 1. The van der Waals surface area contributed by atoms with Crippen molar-refractivity contribution in [2.75, 3.05) is 5.32 Å². The predicted octanol–water partition coefficient (Wildman–Crippen LogP) is 2.82. The molecule has 0 saturated carbocycles. The minimum atomic E-state index is -4.73. The van der Waals surface area contributed by atoms with Gasteiger partial charge >= 0.3 is 6.36 Å². The first kappa shape index (κ1) is 15.8. The molecule has 0 aliphatic carbocycles. The summed E-state index contributed by atoms with van der Waals surface area (Å²) >= 11 is 0. The fourth-order valence-corrected chi connectivity index (χ4v) is 1.83. The number of halogens is 3. The Hall–Kier alpha value is -2.57. The molecule has 1 heterocycles. The van der Waals surface area contributed by atoms with Crippen molar-refractivity contribution in [1.82, 2.24) is 0 Å². The lowest BCUT2D eigenvalue weighted by Crippen LogP contribution is -2.42. The van der Waals surface area contributed by atoms with E-state index in [1.165, 1.54) is 12.1 Å². The number of amides is 1. The fourth-order valence-electron chi connectivity index (χ4n) is 1.83. The van der Waals surface area contributed by atoms with Gasteiger partial charge in [0.15, 0.2) is 11.9 Å². The highest BCUT2D eigenvalue weighted by molar-refractivity contribution is 5.89. The van der Waals surface area contributed by atoms with Crippen molar-refractivity contribution in [2.45, 2.75) is 19.8 Å². The normalized spacial score (nSPS) is 11.1. The third-order valence-electron chi connectivity index (χ3n) is 2.85. The van der Waals surface area contributed by atoms with Gasteiger partial charge in [-0.25, -0.2) is 0 Å². The van der Waals surface area contributed by atoms with Crippen molar-refractivity contribution in [3.63, 3.8) is 0 Å². The number of nitrogens with one attached hydrogen (secondary N) is 1. The number of hydrogen-bond donors (Lipinski definition) is 1. The molecule has 0 fully saturated rings. The van der Waals surface area contributed by atoms with E-state index < -0.39 is 6.36 Å². The number of ether oxygens (including phenoxy) is 1. The molecule has 22 heavy (non-hydrogen) atoms. The lowest BCUT2D eigenvalue weighted by molar-refractivity contribution is -0.690. The van der Waals surface area contributed by atoms with Gasteiger partial charge in [-0.05, 0) is 24.3 Å². The minimum Gasteiger partial charge on any atom is -0.406 e. The smallest absolute Gasteiger partial charge is 0.406 e. The van der Waals surface area contributed by atoms with Gasteiger partial charge < -0.3 is 10.1 Å². The number of carbonyl (C=O) groups is 1. The minimum absolute atomic E-state index is 0.119. The molecular weight excluding hydrogens is 297 g/mol. The van der Waals surface area contributed by atoms with Crippen molar-refractivity contribution in [3.8, 4) is 5.75 Å². The van der Waals surface area contributed by atoms with E-state index in [2.05, 4.69) is 10.1 Å². The summed E-state index contributed by atoms with van der Waals surface area (Å²) in [5, 5.41) is 2.61. The second-order valence-corrected chi connectivity index (χ2v) is 4.59. The molecule has 1 aromatic carbocycles. The van der Waals surface area contributed by atoms with Gasteiger partial charge in [0.25, 0.3) is 5.91 Å². The predicted molar refractivity (Wildman–Crippen MR) is 73.1 cm³/mol. The van der Waals surface area contributed by atoms with E-state index in [1.54, 1.807) is 10.8 Å². The third kappa shape index (κ3) is 4.76. The third-order valence-corrected chi connectivity index (χ3v) is 2.85. The van der Waals surface area contributed by atoms with Crippen molar-refractivity contribution in [1.29, 1.82) is 0 Å². The van der Waals surface area contributed by atoms with E-state index in [4.69, 9.17) is 0 Å². The van der Waals surface area contributed by atoms with Crippen LogP contribution in [0.1, 0.15) is 5.69 Å². The first-order valence-electron chi connectivity index (χ1n) is 6.44. The van der Waals surface area contributed by atoms with Gasteiger partial charge in [0.05, 0.1) is 0 Å². The maximum atomic E-state index is 12.0. The summed E-state index contributed by atoms with van der Waals surface area (Å²) in [4.78, 5) is 11.9. The molecule has 0 aliphatic rings. The second-order valence-electron chi connectivity index (χ2n) is 4.59. The fraction of sp³-hybridized carbons (Fsp3) is 0.200. The van der Waals surface area contributed by atoms with E-state index in [9.17, 15) is 18.0 Å². The molecule has 1 aromatic heterocycles. The van der Waals surface area contributed by atoms with Gasteiger partial charge in [-0.3, -0.25) is 4.79 Å². The molecule has 0 saturated heterocycles. The Morgan fingerprint density at radius 3 is 2.45 bits per heavy atom. The summed E-state index contributed by atoms with van der Waals surface area (Å²) in [7, 11) is 0. The van der Waals surface area contributed by atoms with Crippen molar-refractivity contribution in [3.05, 3.63) is 54.4 Å². The van der Waals surface area contributed by atoms with Crippen LogP contribution in [0.15, 0.2) is 48.7 Å². The van der Waals surface area contributed by atoms with Crippen molar-refractivity contribution >= 4 is 11.6 Å². The van der Waals surface area contributed by atoms with Crippen LogP contribution < -0.4 is 14.6 Å². The van der Waals surface area contributed by atoms with Gasteiger partial charge in [-0.1, -0.05) is 6.07 Å². The van der Waals surface area contributed by atoms with Gasteiger partial charge in [-0.2, -0.15) is 4.57 Å². The molecule has 0 radical (unpaired) electrons. The summed E-state index contributed by atoms with van der Waals surface area (Å²) in [6.45, 7) is 1.99. The Balaban J connectivity index is 1.96. The quantitative estimate of drug-likeness (QED) is 0.882. The first-order valence-corrected chi connectivity index (χ1v) is 6.44. The number of benzene rings is 1. The van der Waals surface area contributed by atoms with Gasteiger partial charge in [0.1, 0.15) is 5.75 Å². The molecule has 2 rings (SSSR count). The van der Waals surface area contributed by atoms with Crippen LogP contribution in [0.5, 0.6) is 5.75 Å². The van der Waals surface area contributed by atoms with E-state index >= 15 is 0 Å². The lowest BCUT2D eigenvalue weighted by Gasteiger charge is -2.09. The van der Waals surface area contributed by atoms with Crippen LogP contribution in [0.4, 0.5) is 18.9 Å². The summed E-state index contributed by atoms with van der Waals surface area (Å²) in [5.41, 5.74) is 1.32. The maximum absolute atomic E-state index is 12.0. The number of rotatable bonds is 4. The highest BCUT2D eigenvalue weighted by atomic mass is 19.4. The molecule has 7 heteroatoms. The summed E-state index contributed by atoms with van der Waals surface area (Å²) in [6, 6.07) is 10.5. The molecule has 0 spiro atoms. The van der Waals surface area contributed by atoms with Crippen LogP contribution in [0.25, 0.3) is 0 Å². The molecule has 1 amide bonds. The maximum Gasteiger partial charge on any atom is 0.573 e. The van der Waals surface area contributed by atoms with Gasteiger partial charge in [-0.15, -0.1) is 13.2 Å². The molecule has 0 atom stereocenters. The zero-order chi connectivity index (χ0) is 16.2. The number of nitrogens with zero attached hydrogens (tertiary/aromatic N) is 1. The van der Waals surface area contributed by atoms with Crippen LogP contribution in [0, 0.1) is 6.92 Å². The number of carbonyl (C=O) groups excluding carboxylic acids is 1. The van der Waals surface area contributed by atoms with Crippen LogP contribution in [-0.4, -0.2) is 12.3 Å². The molecule has 0 unspecified atom stereocenters. The van der Waals surface area contributed by atoms with Gasteiger partial charge in [0.2, 0.25) is 6.54 Å². The molecule has 116 valence electrons. The molecular formula is C15H14F3N2O2+. The van der Waals surface area contributed by atoms with Crippen LogP contribution in [0.2, 0.25) is 0 Å². The van der Waals surface area contributed by atoms with Crippen LogP contribution >= 0.6 is 0 Å². The Labute approximate surface area is 125 Å². The van der Waals surface area contributed by atoms with E-state index in [1.807, 2.05) is 25.1 Å². The Morgan fingerprint density at radius 2 is 1.86 bits per heavy atom. The zero-order valence-corrected chi connectivity index (χ0v) is 11.7. The highest BCUT2D eigenvalue weighted by Gasteiger charge is 2.30. The van der Waals surface area contributed by atoms with Crippen LogP contribution in [0.3, 0.4) is 0 Å². The van der Waals surface area contributed by atoms with E-state index in [0.29, 0.717) is 5.69 Å². The number of alkyl halides is 3. The first-order chi connectivity index (χ1) is 10.3. The monoisotopic (exact) mass is 311 g/mol. The number of aromatic nitrogens is 1. The summed E-state index contributed by atoms with van der Waals surface area (Å²) < 4.78 is 41.6. The van der Waals surface area contributed by atoms with Gasteiger partial charge in [0, 0.05) is 24.7 Å². The number of pyridine rings is 1. The molecule has 0 bridgehead atoms.